The Morgan fingerprint density at radius 1 is 1.05 bits per heavy atom. The van der Waals surface area contributed by atoms with Crippen LogP contribution in [0.4, 0.5) is 0 Å². The molecule has 1 aromatic rings. The molecule has 1 heterocycles. The molecule has 0 aliphatic carbocycles. The Morgan fingerprint density at radius 2 is 1.84 bits per heavy atom. The molecule has 0 amide bonds. The predicted molar refractivity (Wildman–Crippen MR) is 78.1 cm³/mol. The Labute approximate surface area is 116 Å². The lowest BCUT2D eigenvalue weighted by molar-refractivity contribution is 0.171. The van der Waals surface area contributed by atoms with E-state index in [1.54, 1.807) is 0 Å². The summed E-state index contributed by atoms with van der Waals surface area (Å²) in [5, 5.41) is 3.45. The van der Waals surface area contributed by atoms with Crippen molar-refractivity contribution >= 4 is 0 Å². The molecule has 0 spiro atoms. The molecule has 106 valence electrons. The lowest BCUT2D eigenvalue weighted by atomic mass is 10.1. The van der Waals surface area contributed by atoms with Gasteiger partial charge in [0, 0.05) is 6.04 Å². The van der Waals surface area contributed by atoms with E-state index in [1.807, 2.05) is 6.07 Å². The van der Waals surface area contributed by atoms with Crippen LogP contribution in [-0.2, 0) is 6.42 Å². The van der Waals surface area contributed by atoms with Crippen LogP contribution >= 0.6 is 0 Å². The van der Waals surface area contributed by atoms with Crippen LogP contribution in [0.1, 0.15) is 38.7 Å². The van der Waals surface area contributed by atoms with Crippen LogP contribution < -0.4 is 14.8 Å². The third-order valence-electron chi connectivity index (χ3n) is 3.30. The van der Waals surface area contributed by atoms with E-state index < -0.39 is 0 Å². The highest BCUT2D eigenvalue weighted by molar-refractivity contribution is 5.43. The van der Waals surface area contributed by atoms with Crippen LogP contribution in [0.25, 0.3) is 0 Å². The summed E-state index contributed by atoms with van der Waals surface area (Å²) in [5.74, 6) is 1.79. The number of benzene rings is 1. The molecule has 0 fully saturated rings. The molecule has 0 atom stereocenters. The van der Waals surface area contributed by atoms with Crippen LogP contribution in [0, 0.1) is 0 Å². The van der Waals surface area contributed by atoms with Crippen molar-refractivity contribution < 1.29 is 9.47 Å². The molecule has 3 heteroatoms. The van der Waals surface area contributed by atoms with Gasteiger partial charge in [0.05, 0.1) is 0 Å². The van der Waals surface area contributed by atoms with Crippen molar-refractivity contribution in [2.24, 2.45) is 0 Å². The number of nitrogens with one attached hydrogen (secondary N) is 1. The summed E-state index contributed by atoms with van der Waals surface area (Å²) in [4.78, 5) is 0. The molecule has 1 aliphatic rings. The van der Waals surface area contributed by atoms with Crippen molar-refractivity contribution in [2.75, 3.05) is 19.8 Å². The molecular formula is C16H25NO2. The molecule has 1 aliphatic heterocycles. The molecule has 19 heavy (non-hydrogen) atoms. The van der Waals surface area contributed by atoms with E-state index in [4.69, 9.17) is 9.47 Å². The van der Waals surface area contributed by atoms with Gasteiger partial charge in [0.15, 0.2) is 11.5 Å². The Hall–Kier alpha value is -1.22. The third-order valence-corrected chi connectivity index (χ3v) is 3.30. The van der Waals surface area contributed by atoms with E-state index in [0.717, 1.165) is 24.5 Å². The summed E-state index contributed by atoms with van der Waals surface area (Å²) in [6.45, 7) is 6.83. The van der Waals surface area contributed by atoms with Gasteiger partial charge in [-0.25, -0.2) is 0 Å². The van der Waals surface area contributed by atoms with Gasteiger partial charge < -0.3 is 14.8 Å². The standard InChI is InChI=1S/C16H25NO2/c1-13(2)17-9-5-3-4-6-14-7-8-15-16(12-14)19-11-10-18-15/h7-8,12-13,17H,3-6,9-11H2,1-2H3. The van der Waals surface area contributed by atoms with E-state index in [9.17, 15) is 0 Å². The van der Waals surface area contributed by atoms with Gasteiger partial charge >= 0.3 is 0 Å². The van der Waals surface area contributed by atoms with E-state index in [-0.39, 0.29) is 0 Å². The zero-order valence-corrected chi connectivity index (χ0v) is 12.1. The highest BCUT2D eigenvalue weighted by atomic mass is 16.6. The number of rotatable bonds is 7. The van der Waals surface area contributed by atoms with Gasteiger partial charge in [-0.3, -0.25) is 0 Å². The largest absolute Gasteiger partial charge is 0.486 e. The van der Waals surface area contributed by atoms with Crippen molar-refractivity contribution in [1.82, 2.24) is 5.32 Å². The number of ether oxygens (including phenoxy) is 2. The van der Waals surface area contributed by atoms with E-state index >= 15 is 0 Å². The molecular weight excluding hydrogens is 238 g/mol. The average Bonchev–Trinajstić information content (AvgIpc) is 2.42. The summed E-state index contributed by atoms with van der Waals surface area (Å²) in [5.41, 5.74) is 1.35. The van der Waals surface area contributed by atoms with Gasteiger partial charge in [0.1, 0.15) is 13.2 Å². The predicted octanol–water partition coefficient (Wildman–Crippen LogP) is 3.17. The second-order valence-electron chi connectivity index (χ2n) is 5.40. The van der Waals surface area contributed by atoms with Crippen molar-refractivity contribution in [3.63, 3.8) is 0 Å². The van der Waals surface area contributed by atoms with Gasteiger partial charge in [-0.1, -0.05) is 26.3 Å². The van der Waals surface area contributed by atoms with Gasteiger partial charge in [0.25, 0.3) is 0 Å². The van der Waals surface area contributed by atoms with E-state index in [1.165, 1.54) is 24.8 Å². The smallest absolute Gasteiger partial charge is 0.161 e. The fourth-order valence-electron chi connectivity index (χ4n) is 2.26. The van der Waals surface area contributed by atoms with E-state index in [2.05, 4.69) is 31.3 Å². The lowest BCUT2D eigenvalue weighted by Crippen LogP contribution is -2.23. The maximum atomic E-state index is 5.60. The zero-order chi connectivity index (χ0) is 13.5. The first-order valence-corrected chi connectivity index (χ1v) is 7.37. The first-order valence-electron chi connectivity index (χ1n) is 7.37. The maximum absolute atomic E-state index is 5.60. The Kier molecular flexibility index (Phi) is 5.52. The van der Waals surface area contributed by atoms with Gasteiger partial charge in [-0.15, -0.1) is 0 Å². The lowest BCUT2D eigenvalue weighted by Gasteiger charge is -2.18. The third kappa shape index (κ3) is 4.75. The van der Waals surface area contributed by atoms with Crippen LogP contribution in [0.5, 0.6) is 11.5 Å². The van der Waals surface area contributed by atoms with Crippen LogP contribution in [0.3, 0.4) is 0 Å². The van der Waals surface area contributed by atoms with Crippen LogP contribution in [-0.4, -0.2) is 25.8 Å². The topological polar surface area (TPSA) is 30.5 Å². The monoisotopic (exact) mass is 263 g/mol. The molecule has 3 nitrogen and oxygen atoms in total. The average molecular weight is 263 g/mol. The highest BCUT2D eigenvalue weighted by Gasteiger charge is 2.11. The van der Waals surface area contributed by atoms with Gasteiger partial charge in [0.2, 0.25) is 0 Å². The summed E-state index contributed by atoms with van der Waals surface area (Å²) >= 11 is 0. The molecule has 1 aromatic carbocycles. The quantitative estimate of drug-likeness (QED) is 0.766. The minimum absolute atomic E-state index is 0.595. The molecule has 0 bridgehead atoms. The van der Waals surface area contributed by atoms with Gasteiger partial charge in [-0.05, 0) is 43.5 Å². The van der Waals surface area contributed by atoms with Gasteiger partial charge in [-0.2, -0.15) is 0 Å². The SMILES string of the molecule is CC(C)NCCCCCc1ccc2c(c1)OCCO2. The second-order valence-corrected chi connectivity index (χ2v) is 5.40. The minimum Gasteiger partial charge on any atom is -0.486 e. The second kappa shape index (κ2) is 7.39. The summed E-state index contributed by atoms with van der Waals surface area (Å²) < 4.78 is 11.1. The number of hydrogen-bond acceptors (Lipinski definition) is 3. The summed E-state index contributed by atoms with van der Waals surface area (Å²) in [7, 11) is 0. The fraction of sp³-hybridized carbons (Fsp3) is 0.625. The first-order chi connectivity index (χ1) is 9.25. The Balaban J connectivity index is 1.68. The Bertz CT molecular complexity index is 390. The van der Waals surface area contributed by atoms with Crippen molar-refractivity contribution in [1.29, 1.82) is 0 Å². The number of fused-ring (bicyclic) bond motifs is 1. The van der Waals surface area contributed by atoms with Crippen LogP contribution in [0.2, 0.25) is 0 Å². The number of aryl methyl sites for hydroxylation is 1. The maximum Gasteiger partial charge on any atom is 0.161 e. The van der Waals surface area contributed by atoms with Crippen molar-refractivity contribution in [3.05, 3.63) is 23.8 Å². The fourth-order valence-corrected chi connectivity index (χ4v) is 2.26. The number of unbranched alkanes of at least 4 members (excludes halogenated alkanes) is 2. The minimum atomic E-state index is 0.595. The molecule has 0 saturated heterocycles. The van der Waals surface area contributed by atoms with Crippen molar-refractivity contribution in [2.45, 2.75) is 45.6 Å². The summed E-state index contributed by atoms with van der Waals surface area (Å²) in [6, 6.07) is 6.91. The Morgan fingerprint density at radius 3 is 2.63 bits per heavy atom. The molecule has 0 saturated carbocycles. The summed E-state index contributed by atoms with van der Waals surface area (Å²) in [6.07, 6.45) is 4.88. The molecule has 0 radical (unpaired) electrons. The van der Waals surface area contributed by atoms with Crippen LogP contribution in [0.15, 0.2) is 18.2 Å². The normalized spacial score (nSPS) is 13.8. The van der Waals surface area contributed by atoms with E-state index in [0.29, 0.717) is 19.3 Å². The molecule has 0 aromatic heterocycles. The molecule has 1 N–H and O–H groups in total. The molecule has 2 rings (SSSR count). The van der Waals surface area contributed by atoms with Crippen molar-refractivity contribution in [3.8, 4) is 11.5 Å². The zero-order valence-electron chi connectivity index (χ0n) is 12.1. The molecule has 0 unspecified atom stereocenters. The first kappa shape index (κ1) is 14.2. The number of hydrogen-bond donors (Lipinski definition) is 1. The highest BCUT2D eigenvalue weighted by Crippen LogP contribution is 2.31.